The highest BCUT2D eigenvalue weighted by atomic mass is 35.5. The van der Waals surface area contributed by atoms with Crippen molar-refractivity contribution in [1.29, 1.82) is 0 Å². The Bertz CT molecular complexity index is 324. The molecule has 2 rings (SSSR count). The lowest BCUT2D eigenvalue weighted by molar-refractivity contribution is 0.419. The Morgan fingerprint density at radius 1 is 1.15 bits per heavy atom. The lowest BCUT2D eigenvalue weighted by Gasteiger charge is -2.27. The molecule has 13 heavy (non-hydrogen) atoms. The number of hydrogen-bond acceptors (Lipinski definition) is 0. The van der Waals surface area contributed by atoms with Crippen molar-refractivity contribution in [2.24, 2.45) is 0 Å². The number of halogens is 1. The van der Waals surface area contributed by atoms with Gasteiger partial charge in [0.1, 0.15) is 0 Å². The molecule has 0 unspecified atom stereocenters. The maximum absolute atomic E-state index is 6.21. The van der Waals surface area contributed by atoms with E-state index in [1.165, 1.54) is 36.0 Å². The summed E-state index contributed by atoms with van der Waals surface area (Å²) in [7, 11) is 0. The van der Waals surface area contributed by atoms with E-state index >= 15 is 0 Å². The van der Waals surface area contributed by atoms with Gasteiger partial charge >= 0.3 is 0 Å². The summed E-state index contributed by atoms with van der Waals surface area (Å²) < 4.78 is 0. The van der Waals surface area contributed by atoms with Crippen LogP contribution in [0, 0.1) is 13.8 Å². The highest BCUT2D eigenvalue weighted by molar-refractivity contribution is 6.31. The monoisotopic (exact) mass is 194 g/mol. The van der Waals surface area contributed by atoms with Gasteiger partial charge in [0.05, 0.1) is 0 Å². The summed E-state index contributed by atoms with van der Waals surface area (Å²) in [4.78, 5) is 0. The lowest BCUT2D eigenvalue weighted by Crippen LogP contribution is -2.09. The van der Waals surface area contributed by atoms with E-state index in [1.807, 2.05) is 0 Å². The van der Waals surface area contributed by atoms with Gasteiger partial charge in [-0.25, -0.2) is 0 Å². The van der Waals surface area contributed by atoms with Crippen LogP contribution in [0.15, 0.2) is 12.1 Å². The third kappa shape index (κ3) is 1.60. The SMILES string of the molecule is Cc1cc(Cl)c(C2CCC2)cc1C. The van der Waals surface area contributed by atoms with Gasteiger partial charge in [-0.1, -0.05) is 24.1 Å². The minimum absolute atomic E-state index is 0.742. The van der Waals surface area contributed by atoms with E-state index in [4.69, 9.17) is 11.6 Å². The summed E-state index contributed by atoms with van der Waals surface area (Å²) in [6.45, 7) is 4.28. The van der Waals surface area contributed by atoms with Gasteiger partial charge in [-0.2, -0.15) is 0 Å². The molecule has 1 heteroatoms. The summed E-state index contributed by atoms with van der Waals surface area (Å²) in [5.41, 5.74) is 4.04. The van der Waals surface area contributed by atoms with Crippen molar-refractivity contribution in [2.75, 3.05) is 0 Å². The molecule has 0 spiro atoms. The van der Waals surface area contributed by atoms with E-state index in [2.05, 4.69) is 26.0 Å². The molecule has 70 valence electrons. The van der Waals surface area contributed by atoms with Gasteiger partial charge in [-0.15, -0.1) is 0 Å². The van der Waals surface area contributed by atoms with Crippen molar-refractivity contribution in [3.63, 3.8) is 0 Å². The average molecular weight is 195 g/mol. The van der Waals surface area contributed by atoms with Gasteiger partial charge in [0.25, 0.3) is 0 Å². The predicted molar refractivity (Wildman–Crippen MR) is 57.5 cm³/mol. The van der Waals surface area contributed by atoms with E-state index in [9.17, 15) is 0 Å². The highest BCUT2D eigenvalue weighted by Gasteiger charge is 2.21. The van der Waals surface area contributed by atoms with Gasteiger partial charge < -0.3 is 0 Å². The third-order valence-electron chi connectivity index (χ3n) is 3.16. The maximum Gasteiger partial charge on any atom is 0.0443 e. The van der Waals surface area contributed by atoms with Crippen molar-refractivity contribution >= 4 is 11.6 Å². The molecule has 1 fully saturated rings. The average Bonchev–Trinajstić information content (AvgIpc) is 1.96. The minimum atomic E-state index is 0.742. The summed E-state index contributed by atoms with van der Waals surface area (Å²) in [5.74, 6) is 0.742. The van der Waals surface area contributed by atoms with Gasteiger partial charge in [0.15, 0.2) is 0 Å². The van der Waals surface area contributed by atoms with Crippen LogP contribution in [0.3, 0.4) is 0 Å². The quantitative estimate of drug-likeness (QED) is 0.628. The van der Waals surface area contributed by atoms with Crippen LogP contribution < -0.4 is 0 Å². The first kappa shape index (κ1) is 9.08. The van der Waals surface area contributed by atoms with Crippen LogP contribution in [0.4, 0.5) is 0 Å². The van der Waals surface area contributed by atoms with Gasteiger partial charge in [0.2, 0.25) is 0 Å². The molecule has 0 bridgehead atoms. The fourth-order valence-corrected chi connectivity index (χ4v) is 2.21. The molecule has 1 saturated carbocycles. The van der Waals surface area contributed by atoms with E-state index in [0.29, 0.717) is 0 Å². The summed E-state index contributed by atoms with van der Waals surface area (Å²) >= 11 is 6.21. The molecule has 0 radical (unpaired) electrons. The molecule has 1 aromatic carbocycles. The maximum atomic E-state index is 6.21. The largest absolute Gasteiger partial charge is 0.0840 e. The van der Waals surface area contributed by atoms with E-state index in [0.717, 1.165) is 10.9 Å². The minimum Gasteiger partial charge on any atom is -0.0840 e. The van der Waals surface area contributed by atoms with E-state index < -0.39 is 0 Å². The molecule has 0 saturated heterocycles. The number of rotatable bonds is 1. The van der Waals surface area contributed by atoms with Crippen molar-refractivity contribution in [3.05, 3.63) is 33.8 Å². The van der Waals surface area contributed by atoms with Crippen molar-refractivity contribution in [2.45, 2.75) is 39.0 Å². The molecule has 0 amide bonds. The first-order valence-electron chi connectivity index (χ1n) is 4.95. The first-order chi connectivity index (χ1) is 6.18. The van der Waals surface area contributed by atoms with Crippen molar-refractivity contribution in [3.8, 4) is 0 Å². The fraction of sp³-hybridized carbons (Fsp3) is 0.500. The molecular weight excluding hydrogens is 180 g/mol. The molecule has 1 aromatic rings. The second-order valence-electron chi connectivity index (χ2n) is 4.09. The standard InChI is InChI=1S/C12H15Cl/c1-8-6-11(10-4-3-5-10)12(13)7-9(8)2/h6-7,10H,3-5H2,1-2H3. The highest BCUT2D eigenvalue weighted by Crippen LogP contribution is 2.40. The Morgan fingerprint density at radius 3 is 2.31 bits per heavy atom. The fourth-order valence-electron chi connectivity index (χ4n) is 1.84. The summed E-state index contributed by atoms with van der Waals surface area (Å²) in [6, 6.07) is 4.37. The molecule has 0 heterocycles. The van der Waals surface area contributed by atoms with E-state index in [-0.39, 0.29) is 0 Å². The van der Waals surface area contributed by atoms with E-state index in [1.54, 1.807) is 0 Å². The molecule has 0 N–H and O–H groups in total. The van der Waals surface area contributed by atoms with Gasteiger partial charge in [0, 0.05) is 5.02 Å². The van der Waals surface area contributed by atoms with Crippen LogP contribution in [-0.4, -0.2) is 0 Å². The van der Waals surface area contributed by atoms with Crippen LogP contribution >= 0.6 is 11.6 Å². The molecule has 0 nitrogen and oxygen atoms in total. The molecule has 0 aromatic heterocycles. The van der Waals surface area contributed by atoms with Crippen LogP contribution in [0.25, 0.3) is 0 Å². The zero-order chi connectivity index (χ0) is 9.42. The second-order valence-corrected chi connectivity index (χ2v) is 4.49. The molecule has 0 atom stereocenters. The number of benzene rings is 1. The Balaban J connectivity index is 2.39. The van der Waals surface area contributed by atoms with Gasteiger partial charge in [-0.3, -0.25) is 0 Å². The number of hydrogen-bond donors (Lipinski definition) is 0. The smallest absolute Gasteiger partial charge is 0.0443 e. The lowest BCUT2D eigenvalue weighted by atomic mass is 9.79. The molecule has 1 aliphatic carbocycles. The zero-order valence-corrected chi connectivity index (χ0v) is 8.99. The molecular formula is C12H15Cl. The third-order valence-corrected chi connectivity index (χ3v) is 3.49. The Morgan fingerprint density at radius 2 is 1.77 bits per heavy atom. The second kappa shape index (κ2) is 3.34. The summed E-state index contributed by atoms with van der Waals surface area (Å²) in [6.07, 6.45) is 4.01. The number of aryl methyl sites for hydroxylation is 2. The first-order valence-corrected chi connectivity index (χ1v) is 5.33. The normalized spacial score (nSPS) is 17.2. The topological polar surface area (TPSA) is 0 Å². The van der Waals surface area contributed by atoms with Crippen LogP contribution in [0.5, 0.6) is 0 Å². The van der Waals surface area contributed by atoms with Crippen molar-refractivity contribution in [1.82, 2.24) is 0 Å². The predicted octanol–water partition coefficient (Wildman–Crippen LogP) is 4.22. The van der Waals surface area contributed by atoms with Crippen LogP contribution in [0.1, 0.15) is 41.9 Å². The molecule has 1 aliphatic rings. The Hall–Kier alpha value is -0.490. The van der Waals surface area contributed by atoms with Gasteiger partial charge in [-0.05, 0) is 55.4 Å². The van der Waals surface area contributed by atoms with Crippen molar-refractivity contribution < 1.29 is 0 Å². The van der Waals surface area contributed by atoms with Crippen LogP contribution in [-0.2, 0) is 0 Å². The molecule has 0 aliphatic heterocycles. The zero-order valence-electron chi connectivity index (χ0n) is 8.23. The Kier molecular flexibility index (Phi) is 2.33. The van der Waals surface area contributed by atoms with Crippen LogP contribution in [0.2, 0.25) is 5.02 Å². The Labute approximate surface area is 84.9 Å². The summed E-state index contributed by atoms with van der Waals surface area (Å²) in [5, 5.41) is 0.966.